The molecule has 0 unspecified atom stereocenters. The van der Waals surface area contributed by atoms with Crippen LogP contribution in [0.5, 0.6) is 0 Å². The third-order valence-corrected chi connectivity index (χ3v) is 4.51. The number of sulfone groups is 1. The van der Waals surface area contributed by atoms with Crippen molar-refractivity contribution in [3.63, 3.8) is 0 Å². The summed E-state index contributed by atoms with van der Waals surface area (Å²) in [5.74, 6) is -1.10. The first-order chi connectivity index (χ1) is 8.80. The highest BCUT2D eigenvalue weighted by molar-refractivity contribution is 7.90. The topological polar surface area (TPSA) is 74.7 Å². The van der Waals surface area contributed by atoms with E-state index >= 15 is 0 Å². The summed E-state index contributed by atoms with van der Waals surface area (Å²) in [6.07, 6.45) is 3.18. The van der Waals surface area contributed by atoms with Gasteiger partial charge in [-0.05, 0) is 37.5 Å². The first kappa shape index (κ1) is 13.9. The molecule has 1 aliphatic heterocycles. The first-order valence-electron chi connectivity index (χ1n) is 6.13. The Balaban J connectivity index is 2.65. The molecule has 1 N–H and O–H groups in total. The summed E-state index contributed by atoms with van der Waals surface area (Å²) in [6.45, 7) is 3.32. The molecule has 6 heteroatoms. The molecule has 0 aliphatic carbocycles. The van der Waals surface area contributed by atoms with Crippen LogP contribution in [0.15, 0.2) is 17.0 Å². The van der Waals surface area contributed by atoms with Crippen LogP contribution in [0.3, 0.4) is 0 Å². The van der Waals surface area contributed by atoms with Crippen LogP contribution >= 0.6 is 0 Å². The maximum atomic E-state index is 11.9. The van der Waals surface area contributed by atoms with Crippen molar-refractivity contribution in [3.8, 4) is 0 Å². The molecular weight excluding hydrogens is 266 g/mol. The zero-order valence-electron chi connectivity index (χ0n) is 11.0. The number of benzene rings is 1. The Hall–Kier alpha value is -1.56. The third kappa shape index (κ3) is 2.73. The predicted octanol–water partition coefficient (Wildman–Crippen LogP) is 1.70. The van der Waals surface area contributed by atoms with Crippen LogP contribution in [-0.4, -0.2) is 38.8 Å². The van der Waals surface area contributed by atoms with Gasteiger partial charge >= 0.3 is 5.97 Å². The molecule has 0 atom stereocenters. The van der Waals surface area contributed by atoms with E-state index in [4.69, 9.17) is 5.11 Å². The van der Waals surface area contributed by atoms with Crippen LogP contribution in [0, 0.1) is 6.92 Å². The van der Waals surface area contributed by atoms with Crippen LogP contribution < -0.4 is 4.90 Å². The minimum Gasteiger partial charge on any atom is -0.478 e. The number of carboxylic acids is 1. The second-order valence-corrected chi connectivity index (χ2v) is 6.89. The van der Waals surface area contributed by atoms with E-state index in [1.807, 2.05) is 4.90 Å². The Morgan fingerprint density at radius 3 is 2.32 bits per heavy atom. The molecule has 5 nitrogen and oxygen atoms in total. The average molecular weight is 283 g/mol. The lowest BCUT2D eigenvalue weighted by atomic mass is 10.1. The maximum absolute atomic E-state index is 11.9. The second-order valence-electron chi connectivity index (χ2n) is 4.91. The minimum atomic E-state index is -3.45. The van der Waals surface area contributed by atoms with E-state index in [2.05, 4.69) is 0 Å². The standard InChI is InChI=1S/C13H17NO4S/c1-9-7-11(14-5-3-4-6-14)12(19(2,17)18)8-10(9)13(15)16/h7-8H,3-6H2,1-2H3,(H,15,16). The highest BCUT2D eigenvalue weighted by atomic mass is 32.2. The van der Waals surface area contributed by atoms with Crippen LogP contribution in [0.4, 0.5) is 5.69 Å². The molecule has 2 rings (SSSR count). The fourth-order valence-electron chi connectivity index (χ4n) is 2.41. The van der Waals surface area contributed by atoms with E-state index in [9.17, 15) is 13.2 Å². The summed E-state index contributed by atoms with van der Waals surface area (Å²) in [6, 6.07) is 2.95. The lowest BCUT2D eigenvalue weighted by Crippen LogP contribution is -2.21. The molecule has 0 radical (unpaired) electrons. The molecule has 1 saturated heterocycles. The molecular formula is C13H17NO4S. The molecule has 1 heterocycles. The fourth-order valence-corrected chi connectivity index (χ4v) is 3.31. The minimum absolute atomic E-state index is 0.0448. The van der Waals surface area contributed by atoms with E-state index in [1.165, 1.54) is 6.07 Å². The molecule has 1 aromatic carbocycles. The number of aromatic carboxylic acids is 1. The van der Waals surface area contributed by atoms with Gasteiger partial charge in [-0.3, -0.25) is 0 Å². The van der Waals surface area contributed by atoms with Crippen molar-refractivity contribution in [1.29, 1.82) is 0 Å². The highest BCUT2D eigenvalue weighted by Gasteiger charge is 2.23. The van der Waals surface area contributed by atoms with Crippen molar-refractivity contribution in [2.24, 2.45) is 0 Å². The van der Waals surface area contributed by atoms with E-state index in [1.54, 1.807) is 13.0 Å². The van der Waals surface area contributed by atoms with E-state index < -0.39 is 15.8 Å². The summed E-state index contributed by atoms with van der Waals surface area (Å²) in [5, 5.41) is 9.10. The van der Waals surface area contributed by atoms with Crippen molar-refractivity contribution >= 4 is 21.5 Å². The van der Waals surface area contributed by atoms with Gasteiger partial charge in [-0.2, -0.15) is 0 Å². The van der Waals surface area contributed by atoms with Gasteiger partial charge in [-0.25, -0.2) is 13.2 Å². The normalized spacial score (nSPS) is 15.8. The van der Waals surface area contributed by atoms with Gasteiger partial charge in [0.1, 0.15) is 0 Å². The van der Waals surface area contributed by atoms with Gasteiger partial charge in [-0.15, -0.1) is 0 Å². The van der Waals surface area contributed by atoms with Gasteiger partial charge < -0.3 is 10.0 Å². The quantitative estimate of drug-likeness (QED) is 0.913. The summed E-state index contributed by atoms with van der Waals surface area (Å²) >= 11 is 0. The molecule has 1 aliphatic rings. The number of carboxylic acid groups (broad SMARTS) is 1. The Bertz CT molecular complexity index is 616. The predicted molar refractivity (Wildman–Crippen MR) is 72.7 cm³/mol. The van der Waals surface area contributed by atoms with E-state index in [-0.39, 0.29) is 10.5 Å². The SMILES string of the molecule is Cc1cc(N2CCCC2)c(S(C)(=O)=O)cc1C(=O)O. The molecule has 19 heavy (non-hydrogen) atoms. The number of carbonyl (C=O) groups is 1. The molecule has 0 aromatic heterocycles. The summed E-state index contributed by atoms with van der Waals surface area (Å²) < 4.78 is 23.8. The zero-order chi connectivity index (χ0) is 14.2. The maximum Gasteiger partial charge on any atom is 0.335 e. The zero-order valence-corrected chi connectivity index (χ0v) is 11.8. The molecule has 1 fully saturated rings. The van der Waals surface area contributed by atoms with Gasteiger partial charge in [0.2, 0.25) is 0 Å². The van der Waals surface area contributed by atoms with Crippen LogP contribution in [0.2, 0.25) is 0 Å². The highest BCUT2D eigenvalue weighted by Crippen LogP contribution is 2.31. The van der Waals surface area contributed by atoms with Crippen molar-refractivity contribution in [2.75, 3.05) is 24.2 Å². The van der Waals surface area contributed by atoms with Crippen LogP contribution in [0.1, 0.15) is 28.8 Å². The Labute approximate surface area is 112 Å². The summed E-state index contributed by atoms with van der Waals surface area (Å²) in [4.78, 5) is 13.2. The first-order valence-corrected chi connectivity index (χ1v) is 8.03. The fraction of sp³-hybridized carbons (Fsp3) is 0.462. The molecule has 0 amide bonds. The number of hydrogen-bond donors (Lipinski definition) is 1. The second kappa shape index (κ2) is 4.85. The Morgan fingerprint density at radius 1 is 1.26 bits per heavy atom. The summed E-state index contributed by atoms with van der Waals surface area (Å²) in [5.41, 5.74) is 1.26. The van der Waals surface area contributed by atoms with Crippen molar-refractivity contribution in [1.82, 2.24) is 0 Å². The van der Waals surface area contributed by atoms with Crippen LogP contribution in [-0.2, 0) is 9.84 Å². The van der Waals surface area contributed by atoms with Crippen molar-refractivity contribution in [3.05, 3.63) is 23.3 Å². The number of aryl methyl sites for hydroxylation is 1. The van der Waals surface area contributed by atoms with Gasteiger partial charge in [0.25, 0.3) is 0 Å². The lowest BCUT2D eigenvalue weighted by Gasteiger charge is -2.22. The molecule has 1 aromatic rings. The van der Waals surface area contributed by atoms with E-state index in [0.717, 1.165) is 32.2 Å². The Kier molecular flexibility index (Phi) is 3.54. The molecule has 104 valence electrons. The van der Waals surface area contributed by atoms with E-state index in [0.29, 0.717) is 11.3 Å². The lowest BCUT2D eigenvalue weighted by molar-refractivity contribution is 0.0696. The Morgan fingerprint density at radius 2 is 1.84 bits per heavy atom. The van der Waals surface area contributed by atoms with Crippen molar-refractivity contribution < 1.29 is 18.3 Å². The number of nitrogens with zero attached hydrogens (tertiary/aromatic N) is 1. The molecule has 0 bridgehead atoms. The van der Waals surface area contributed by atoms with Gasteiger partial charge in [0.05, 0.1) is 16.1 Å². The van der Waals surface area contributed by atoms with Crippen LogP contribution in [0.25, 0.3) is 0 Å². The van der Waals surface area contributed by atoms with Gasteiger partial charge in [0, 0.05) is 19.3 Å². The monoisotopic (exact) mass is 283 g/mol. The number of rotatable bonds is 3. The smallest absolute Gasteiger partial charge is 0.335 e. The summed E-state index contributed by atoms with van der Waals surface area (Å²) in [7, 11) is -3.45. The number of anilines is 1. The van der Waals surface area contributed by atoms with Crippen molar-refractivity contribution in [2.45, 2.75) is 24.7 Å². The molecule has 0 saturated carbocycles. The number of hydrogen-bond acceptors (Lipinski definition) is 4. The average Bonchev–Trinajstić information content (AvgIpc) is 2.79. The van der Waals surface area contributed by atoms with Gasteiger partial charge in [-0.1, -0.05) is 0 Å². The molecule has 0 spiro atoms. The third-order valence-electron chi connectivity index (χ3n) is 3.38. The largest absolute Gasteiger partial charge is 0.478 e. The van der Waals surface area contributed by atoms with Gasteiger partial charge in [0.15, 0.2) is 9.84 Å².